The Hall–Kier alpha value is -3.97. The molecule has 2 heterocycles. The van der Waals surface area contributed by atoms with Crippen LogP contribution >= 0.6 is 12.2 Å². The maximum absolute atomic E-state index is 12.7. The molecule has 2 aromatic heterocycles. The number of nitrogens with one attached hydrogen (secondary N) is 1. The highest BCUT2D eigenvalue weighted by Gasteiger charge is 2.23. The molecule has 2 N–H and O–H groups in total. The molecule has 1 aliphatic rings. The average molecular weight is 499 g/mol. The lowest BCUT2D eigenvalue weighted by Crippen LogP contribution is -2.24. The number of benzene rings is 2. The number of aromatic carboxylic acids is 1. The van der Waals surface area contributed by atoms with Gasteiger partial charge in [-0.15, -0.1) is 0 Å². The summed E-state index contributed by atoms with van der Waals surface area (Å²) in [5, 5.41) is 9.15. The fourth-order valence-corrected chi connectivity index (χ4v) is 5.15. The zero-order valence-corrected chi connectivity index (χ0v) is 20.9. The number of carboxylic acids is 1. The molecule has 182 valence electrons. The summed E-state index contributed by atoms with van der Waals surface area (Å²) in [6.45, 7) is 4.36. The molecule has 7 heteroatoms. The predicted molar refractivity (Wildman–Crippen MR) is 142 cm³/mol. The van der Waals surface area contributed by atoms with Gasteiger partial charge in [0.05, 0.1) is 6.54 Å². The maximum atomic E-state index is 12.7. The van der Waals surface area contributed by atoms with E-state index < -0.39 is 5.97 Å². The van der Waals surface area contributed by atoms with E-state index in [9.17, 15) is 9.59 Å². The Balaban J connectivity index is 1.65. The molecule has 0 fully saturated rings. The Kier molecular flexibility index (Phi) is 6.33. The van der Waals surface area contributed by atoms with E-state index in [0.717, 1.165) is 29.5 Å². The zero-order valence-electron chi connectivity index (χ0n) is 20.1. The molecule has 0 saturated heterocycles. The molecular formula is C29H26N2O4S. The van der Waals surface area contributed by atoms with Crippen LogP contribution < -0.4 is 5.69 Å². The monoisotopic (exact) mass is 498 g/mol. The Morgan fingerprint density at radius 1 is 1.14 bits per heavy atom. The molecule has 4 aromatic rings. The van der Waals surface area contributed by atoms with Crippen molar-refractivity contribution in [3.05, 3.63) is 115 Å². The second kappa shape index (κ2) is 9.59. The van der Waals surface area contributed by atoms with E-state index in [0.29, 0.717) is 10.4 Å². The number of allylic oxidation sites excluding steroid dienone is 1. The molecule has 2 aromatic carbocycles. The first-order chi connectivity index (χ1) is 17.4. The number of hydrogen-bond acceptors (Lipinski definition) is 4. The van der Waals surface area contributed by atoms with Crippen molar-refractivity contribution in [2.45, 2.75) is 39.2 Å². The van der Waals surface area contributed by atoms with Gasteiger partial charge in [0.25, 0.3) is 0 Å². The molecule has 0 bridgehead atoms. The summed E-state index contributed by atoms with van der Waals surface area (Å²) in [6.07, 6.45) is 8.14. The summed E-state index contributed by atoms with van der Waals surface area (Å²) < 4.78 is 7.22. The van der Waals surface area contributed by atoms with E-state index in [1.54, 1.807) is 12.3 Å². The number of nitrogens with zero attached hydrogens (tertiary/aromatic N) is 1. The van der Waals surface area contributed by atoms with Crippen molar-refractivity contribution in [2.75, 3.05) is 0 Å². The molecule has 1 aliphatic carbocycles. The Morgan fingerprint density at radius 3 is 2.72 bits per heavy atom. The fourth-order valence-electron chi connectivity index (χ4n) is 4.88. The summed E-state index contributed by atoms with van der Waals surface area (Å²) in [7, 11) is 0. The summed E-state index contributed by atoms with van der Waals surface area (Å²) in [6, 6.07) is 15.9. The summed E-state index contributed by atoms with van der Waals surface area (Å²) in [5.41, 5.74) is 7.56. The molecule has 6 nitrogen and oxygen atoms in total. The van der Waals surface area contributed by atoms with E-state index in [2.05, 4.69) is 67.4 Å². The molecule has 36 heavy (non-hydrogen) atoms. The third-order valence-electron chi connectivity index (χ3n) is 6.58. The van der Waals surface area contributed by atoms with Crippen molar-refractivity contribution in [1.29, 1.82) is 0 Å². The topological polar surface area (TPSA) is 88.2 Å². The molecule has 0 radical (unpaired) electrons. The molecule has 0 saturated carbocycles. The van der Waals surface area contributed by atoms with Gasteiger partial charge in [-0.3, -0.25) is 9.55 Å². The second-order valence-electron chi connectivity index (χ2n) is 9.10. The van der Waals surface area contributed by atoms with Crippen LogP contribution in [-0.2, 0) is 13.0 Å². The first-order valence-electron chi connectivity index (χ1n) is 11.9. The van der Waals surface area contributed by atoms with Gasteiger partial charge in [-0.25, -0.2) is 9.59 Å². The van der Waals surface area contributed by atoms with Gasteiger partial charge in [0.2, 0.25) is 5.76 Å². The van der Waals surface area contributed by atoms with E-state index in [1.165, 1.54) is 32.9 Å². The number of aromatic nitrogens is 2. The number of furan rings is 1. The number of H-pyrrole nitrogens is 1. The number of hydrogen-bond donors (Lipinski definition) is 2. The first-order valence-corrected chi connectivity index (χ1v) is 12.3. The number of aryl methyl sites for hydroxylation is 2. The van der Waals surface area contributed by atoms with Crippen molar-refractivity contribution in [1.82, 2.24) is 9.55 Å². The first kappa shape index (κ1) is 23.8. The lowest BCUT2D eigenvalue weighted by atomic mass is 9.86. The highest BCUT2D eigenvalue weighted by molar-refractivity contribution is 7.71. The van der Waals surface area contributed by atoms with Gasteiger partial charge in [-0.1, -0.05) is 79.7 Å². The number of fused-ring (bicyclic) bond motifs is 3. The minimum Gasteiger partial charge on any atom is -0.475 e. The minimum absolute atomic E-state index is 0.0866. The van der Waals surface area contributed by atoms with Crippen molar-refractivity contribution >= 4 is 24.3 Å². The van der Waals surface area contributed by atoms with Crippen LogP contribution in [0.2, 0.25) is 0 Å². The SMILES string of the molecule is CCCc1cccc2c1C=CC(c1cn(Cc3ccc(C(=O)O)o3)c(=O)[nH]c1=S)c1ccc(C)cc1-2. The molecule has 1 unspecified atom stereocenters. The van der Waals surface area contributed by atoms with Crippen molar-refractivity contribution < 1.29 is 14.3 Å². The molecule has 0 spiro atoms. The lowest BCUT2D eigenvalue weighted by molar-refractivity contribution is 0.0660. The third-order valence-corrected chi connectivity index (χ3v) is 6.92. The van der Waals surface area contributed by atoms with E-state index in [4.69, 9.17) is 21.7 Å². The fraction of sp³-hybridized carbons (Fsp3) is 0.207. The lowest BCUT2D eigenvalue weighted by Gasteiger charge is -2.19. The molecule has 0 aliphatic heterocycles. The van der Waals surface area contributed by atoms with Crippen LogP contribution in [0.15, 0.2) is 70.0 Å². The van der Waals surface area contributed by atoms with Crippen molar-refractivity contribution in [2.24, 2.45) is 0 Å². The number of carbonyl (C=O) groups is 1. The molecule has 5 rings (SSSR count). The highest BCUT2D eigenvalue weighted by atomic mass is 32.1. The quantitative estimate of drug-likeness (QED) is 0.303. The number of carboxylic acid groups (broad SMARTS) is 1. The largest absolute Gasteiger partial charge is 0.475 e. The molecule has 1 atom stereocenters. The van der Waals surface area contributed by atoms with Gasteiger partial charge in [-0.05, 0) is 53.3 Å². The normalized spacial score (nSPS) is 14.2. The highest BCUT2D eigenvalue weighted by Crippen LogP contribution is 2.41. The Bertz CT molecular complexity index is 1620. The van der Waals surface area contributed by atoms with E-state index in [-0.39, 0.29) is 23.9 Å². The van der Waals surface area contributed by atoms with Crippen LogP contribution in [0.4, 0.5) is 0 Å². The summed E-state index contributed by atoms with van der Waals surface area (Å²) >= 11 is 5.63. The standard InChI is InChI=1S/C29H26N2O4S/c1-3-5-18-6-4-7-21-20(18)11-12-23(22-10-8-17(2)14-24(21)22)25-16-31(29(34)30-27(25)36)15-19-9-13-26(35-19)28(32)33/h4,6-14,16,23H,3,5,15H2,1-2H3,(H,32,33)(H,30,34,36). The van der Waals surface area contributed by atoms with Gasteiger partial charge in [-0.2, -0.15) is 0 Å². The number of aromatic amines is 1. The van der Waals surface area contributed by atoms with Gasteiger partial charge < -0.3 is 9.52 Å². The number of rotatable bonds is 6. The maximum Gasteiger partial charge on any atom is 0.371 e. The zero-order chi connectivity index (χ0) is 25.4. The van der Waals surface area contributed by atoms with Crippen LogP contribution in [0.5, 0.6) is 0 Å². The molecule has 0 amide bonds. The second-order valence-corrected chi connectivity index (χ2v) is 9.51. The summed E-state index contributed by atoms with van der Waals surface area (Å²) in [4.78, 5) is 26.7. The van der Waals surface area contributed by atoms with Crippen LogP contribution in [-0.4, -0.2) is 20.6 Å². The minimum atomic E-state index is -1.15. The molecular weight excluding hydrogens is 472 g/mol. The van der Waals surface area contributed by atoms with Crippen LogP contribution in [0.25, 0.3) is 17.2 Å². The average Bonchev–Trinajstić information content (AvgIpc) is 3.25. The van der Waals surface area contributed by atoms with Crippen LogP contribution in [0.3, 0.4) is 0 Å². The van der Waals surface area contributed by atoms with Gasteiger partial charge in [0.15, 0.2) is 0 Å². The van der Waals surface area contributed by atoms with E-state index >= 15 is 0 Å². The van der Waals surface area contributed by atoms with Crippen molar-refractivity contribution in [3.63, 3.8) is 0 Å². The predicted octanol–water partition coefficient (Wildman–Crippen LogP) is 6.33. The third kappa shape index (κ3) is 4.38. The Morgan fingerprint density at radius 2 is 1.97 bits per heavy atom. The van der Waals surface area contributed by atoms with Crippen LogP contribution in [0.1, 0.15) is 63.4 Å². The Labute approximate surface area is 213 Å². The van der Waals surface area contributed by atoms with E-state index in [1.807, 2.05) is 0 Å². The summed E-state index contributed by atoms with van der Waals surface area (Å²) in [5.74, 6) is -1.13. The van der Waals surface area contributed by atoms with Gasteiger partial charge in [0.1, 0.15) is 10.4 Å². The van der Waals surface area contributed by atoms with Crippen LogP contribution in [0, 0.1) is 11.6 Å². The van der Waals surface area contributed by atoms with Gasteiger partial charge >= 0.3 is 11.7 Å². The van der Waals surface area contributed by atoms with Gasteiger partial charge in [0, 0.05) is 17.7 Å². The smallest absolute Gasteiger partial charge is 0.371 e. The van der Waals surface area contributed by atoms with Crippen molar-refractivity contribution in [3.8, 4) is 11.1 Å².